The second kappa shape index (κ2) is 9.05. The summed E-state index contributed by atoms with van der Waals surface area (Å²) in [5.74, 6) is -0.534. The lowest BCUT2D eigenvalue weighted by Gasteiger charge is -2.42. The fraction of sp³-hybridized carbons (Fsp3) is 0.550. The molecule has 0 unspecified atom stereocenters. The van der Waals surface area contributed by atoms with E-state index in [0.717, 1.165) is 0 Å². The molecule has 1 aromatic carbocycles. The van der Waals surface area contributed by atoms with Crippen molar-refractivity contribution in [3.05, 3.63) is 35.9 Å². The van der Waals surface area contributed by atoms with Crippen LogP contribution in [0, 0.1) is 0 Å². The van der Waals surface area contributed by atoms with Crippen molar-refractivity contribution in [3.8, 4) is 0 Å². The maximum absolute atomic E-state index is 13.0. The predicted octanol–water partition coefficient (Wildman–Crippen LogP) is 1.83. The molecule has 1 heterocycles. The fourth-order valence-electron chi connectivity index (χ4n) is 2.99. The van der Waals surface area contributed by atoms with Gasteiger partial charge in [0.25, 0.3) is 5.91 Å². The van der Waals surface area contributed by atoms with E-state index in [1.807, 2.05) is 26.8 Å². The summed E-state index contributed by atoms with van der Waals surface area (Å²) in [6.07, 6.45) is 0.312. The molecule has 0 aliphatic carbocycles. The summed E-state index contributed by atoms with van der Waals surface area (Å²) in [5.41, 5.74) is 4.67. The highest BCUT2D eigenvalue weighted by atomic mass is 16.6. The summed E-state index contributed by atoms with van der Waals surface area (Å²) in [7, 11) is 0. The third kappa shape index (κ3) is 5.69. The van der Waals surface area contributed by atoms with Crippen LogP contribution >= 0.6 is 0 Å². The van der Waals surface area contributed by atoms with Crippen molar-refractivity contribution in [2.75, 3.05) is 19.7 Å². The molecule has 154 valence electrons. The average Bonchev–Trinajstić information content (AvgIpc) is 2.66. The first-order chi connectivity index (χ1) is 13.2. The van der Waals surface area contributed by atoms with E-state index in [4.69, 9.17) is 4.74 Å². The SMILES string of the molecule is CCOC(=O)N1CCC(NNC(=O)c2ccccc2)(C(=O)NC(C)(C)C)CC1. The van der Waals surface area contributed by atoms with E-state index in [0.29, 0.717) is 38.1 Å². The maximum atomic E-state index is 13.0. The molecular weight excluding hydrogens is 360 g/mol. The Morgan fingerprint density at radius 1 is 1.11 bits per heavy atom. The number of nitrogens with one attached hydrogen (secondary N) is 3. The molecule has 1 aliphatic heterocycles. The molecule has 0 atom stereocenters. The van der Waals surface area contributed by atoms with Crippen LogP contribution in [0.5, 0.6) is 0 Å². The van der Waals surface area contributed by atoms with Crippen molar-refractivity contribution in [3.63, 3.8) is 0 Å². The highest BCUT2D eigenvalue weighted by Gasteiger charge is 2.44. The molecule has 0 saturated carbocycles. The molecule has 0 bridgehead atoms. The molecule has 2 rings (SSSR count). The highest BCUT2D eigenvalue weighted by Crippen LogP contribution is 2.24. The molecule has 3 amide bonds. The van der Waals surface area contributed by atoms with Crippen LogP contribution in [-0.2, 0) is 9.53 Å². The van der Waals surface area contributed by atoms with Gasteiger partial charge in [-0.2, -0.15) is 0 Å². The number of carbonyl (C=O) groups excluding carboxylic acids is 3. The Kier molecular flexibility index (Phi) is 7.01. The quantitative estimate of drug-likeness (QED) is 0.666. The molecule has 1 aromatic rings. The zero-order chi connectivity index (χ0) is 20.8. The van der Waals surface area contributed by atoms with E-state index < -0.39 is 11.1 Å². The minimum absolute atomic E-state index is 0.211. The van der Waals surface area contributed by atoms with Gasteiger partial charge < -0.3 is 15.0 Å². The van der Waals surface area contributed by atoms with E-state index in [1.165, 1.54) is 0 Å². The third-order valence-corrected chi connectivity index (χ3v) is 4.52. The summed E-state index contributed by atoms with van der Waals surface area (Å²) < 4.78 is 5.04. The van der Waals surface area contributed by atoms with Gasteiger partial charge in [-0.05, 0) is 52.7 Å². The van der Waals surface area contributed by atoms with Crippen molar-refractivity contribution in [2.24, 2.45) is 0 Å². The van der Waals surface area contributed by atoms with Crippen LogP contribution in [0.4, 0.5) is 4.79 Å². The predicted molar refractivity (Wildman–Crippen MR) is 105 cm³/mol. The zero-order valence-electron chi connectivity index (χ0n) is 17.0. The van der Waals surface area contributed by atoms with Gasteiger partial charge in [0.15, 0.2) is 0 Å². The molecule has 0 aromatic heterocycles. The van der Waals surface area contributed by atoms with Gasteiger partial charge in [-0.15, -0.1) is 0 Å². The van der Waals surface area contributed by atoms with Gasteiger partial charge in [-0.3, -0.25) is 15.0 Å². The Balaban J connectivity index is 2.10. The van der Waals surface area contributed by atoms with E-state index in [9.17, 15) is 14.4 Å². The summed E-state index contributed by atoms with van der Waals surface area (Å²) >= 11 is 0. The topological polar surface area (TPSA) is 99.8 Å². The molecule has 8 nitrogen and oxygen atoms in total. The fourth-order valence-corrected chi connectivity index (χ4v) is 2.99. The molecule has 1 fully saturated rings. The smallest absolute Gasteiger partial charge is 0.409 e. The van der Waals surface area contributed by atoms with Crippen molar-refractivity contribution in [1.82, 2.24) is 21.1 Å². The molecular formula is C20H30N4O4. The molecule has 1 aliphatic rings. The third-order valence-electron chi connectivity index (χ3n) is 4.52. The molecule has 0 spiro atoms. The maximum Gasteiger partial charge on any atom is 0.409 e. The van der Waals surface area contributed by atoms with Crippen LogP contribution in [-0.4, -0.2) is 53.6 Å². The van der Waals surface area contributed by atoms with Gasteiger partial charge in [-0.25, -0.2) is 10.2 Å². The molecule has 8 heteroatoms. The molecule has 28 heavy (non-hydrogen) atoms. The summed E-state index contributed by atoms with van der Waals surface area (Å²) in [5, 5.41) is 2.97. The number of carbonyl (C=O) groups is 3. The Labute approximate surface area is 166 Å². The van der Waals surface area contributed by atoms with Crippen LogP contribution in [0.15, 0.2) is 30.3 Å². The summed E-state index contributed by atoms with van der Waals surface area (Å²) in [4.78, 5) is 39.0. The van der Waals surface area contributed by atoms with Gasteiger partial charge in [0, 0.05) is 24.2 Å². The minimum Gasteiger partial charge on any atom is -0.450 e. The second-order valence-corrected chi connectivity index (χ2v) is 7.92. The zero-order valence-corrected chi connectivity index (χ0v) is 17.0. The number of benzene rings is 1. The lowest BCUT2D eigenvalue weighted by Crippen LogP contribution is -2.67. The van der Waals surface area contributed by atoms with Crippen LogP contribution < -0.4 is 16.2 Å². The Morgan fingerprint density at radius 3 is 2.25 bits per heavy atom. The van der Waals surface area contributed by atoms with Crippen molar-refractivity contribution >= 4 is 17.9 Å². The number of rotatable bonds is 5. The lowest BCUT2D eigenvalue weighted by atomic mass is 9.86. The Morgan fingerprint density at radius 2 is 1.71 bits per heavy atom. The Bertz CT molecular complexity index is 692. The second-order valence-electron chi connectivity index (χ2n) is 7.92. The minimum atomic E-state index is -1.01. The number of ether oxygens (including phenoxy) is 1. The van der Waals surface area contributed by atoms with Gasteiger partial charge in [-0.1, -0.05) is 18.2 Å². The first kappa shape index (κ1) is 21.7. The molecule has 1 saturated heterocycles. The van der Waals surface area contributed by atoms with Crippen molar-refractivity contribution in [2.45, 2.75) is 51.6 Å². The number of nitrogens with zero attached hydrogens (tertiary/aromatic N) is 1. The van der Waals surface area contributed by atoms with E-state index in [1.54, 1.807) is 36.1 Å². The lowest BCUT2D eigenvalue weighted by molar-refractivity contribution is -0.131. The van der Waals surface area contributed by atoms with Crippen molar-refractivity contribution in [1.29, 1.82) is 0 Å². The Hall–Kier alpha value is -2.61. The van der Waals surface area contributed by atoms with E-state index in [-0.39, 0.29) is 17.9 Å². The monoisotopic (exact) mass is 390 g/mol. The van der Waals surface area contributed by atoms with Gasteiger partial charge in [0.05, 0.1) is 6.61 Å². The van der Waals surface area contributed by atoms with Gasteiger partial charge in [0.1, 0.15) is 5.54 Å². The summed E-state index contributed by atoms with van der Waals surface area (Å²) in [6, 6.07) is 8.77. The van der Waals surface area contributed by atoms with Gasteiger partial charge in [0.2, 0.25) is 5.91 Å². The average molecular weight is 390 g/mol. The van der Waals surface area contributed by atoms with E-state index >= 15 is 0 Å². The van der Waals surface area contributed by atoms with Crippen molar-refractivity contribution < 1.29 is 19.1 Å². The number of hydrogen-bond donors (Lipinski definition) is 3. The van der Waals surface area contributed by atoms with Crippen LogP contribution in [0.25, 0.3) is 0 Å². The molecule has 0 radical (unpaired) electrons. The highest BCUT2D eigenvalue weighted by molar-refractivity contribution is 5.94. The first-order valence-corrected chi connectivity index (χ1v) is 9.54. The first-order valence-electron chi connectivity index (χ1n) is 9.54. The van der Waals surface area contributed by atoms with Crippen LogP contribution in [0.2, 0.25) is 0 Å². The number of hydrogen-bond acceptors (Lipinski definition) is 5. The van der Waals surface area contributed by atoms with Gasteiger partial charge >= 0.3 is 6.09 Å². The summed E-state index contributed by atoms with van der Waals surface area (Å²) in [6.45, 7) is 8.45. The number of likely N-dealkylation sites (tertiary alicyclic amines) is 1. The normalized spacial score (nSPS) is 16.2. The number of piperidine rings is 1. The number of hydrazine groups is 1. The van der Waals surface area contributed by atoms with E-state index in [2.05, 4.69) is 16.2 Å². The molecule has 3 N–H and O–H groups in total. The number of amides is 3. The largest absolute Gasteiger partial charge is 0.450 e. The standard InChI is InChI=1S/C20H30N4O4/c1-5-28-18(27)24-13-11-20(12-14-24,17(26)21-19(2,3)4)23-22-16(25)15-9-7-6-8-10-15/h6-10,23H,5,11-14H2,1-4H3,(H,21,26)(H,22,25). The van der Waals surface area contributed by atoms with Crippen LogP contribution in [0.3, 0.4) is 0 Å². The van der Waals surface area contributed by atoms with Crippen LogP contribution in [0.1, 0.15) is 50.9 Å².